The third-order valence-electron chi connectivity index (χ3n) is 5.01. The van der Waals surface area contributed by atoms with E-state index in [9.17, 15) is 14.4 Å². The molecule has 30 heavy (non-hydrogen) atoms. The van der Waals surface area contributed by atoms with Crippen LogP contribution in [0, 0.1) is 0 Å². The quantitative estimate of drug-likeness (QED) is 0.392. The molecule has 0 aromatic carbocycles. The Morgan fingerprint density at radius 2 is 1.97 bits per heavy atom. The molecule has 2 amide bonds. The number of ketones is 1. The average molecular weight is 443 g/mol. The standard InChI is InChI=1S/C22H22N2O4S2/c25-18(10-3-11-23-21(27)15-7-4-12-28-15)24-22-19(20(26)17-9-5-13-29-17)14-6-1-2-8-16(14)30-22/h4-5,7,9,12-13H,1-3,6,8,10-11H2,(H,23,27)(H,24,25). The van der Waals surface area contributed by atoms with Crippen molar-refractivity contribution in [3.63, 3.8) is 0 Å². The van der Waals surface area contributed by atoms with E-state index in [1.807, 2.05) is 17.5 Å². The number of nitrogens with one attached hydrogen (secondary N) is 2. The summed E-state index contributed by atoms with van der Waals surface area (Å²) >= 11 is 2.95. The van der Waals surface area contributed by atoms with Crippen LogP contribution in [-0.2, 0) is 17.6 Å². The topological polar surface area (TPSA) is 88.4 Å². The molecular formula is C22H22N2O4S2. The fraction of sp³-hybridized carbons (Fsp3) is 0.318. The van der Waals surface area contributed by atoms with Crippen LogP contribution in [0.25, 0.3) is 0 Å². The number of rotatable bonds is 8. The molecule has 3 heterocycles. The lowest BCUT2D eigenvalue weighted by atomic mass is 9.93. The van der Waals surface area contributed by atoms with Gasteiger partial charge in [-0.1, -0.05) is 6.07 Å². The molecule has 6 nitrogen and oxygen atoms in total. The van der Waals surface area contributed by atoms with Crippen molar-refractivity contribution in [3.05, 3.63) is 62.6 Å². The van der Waals surface area contributed by atoms with Crippen molar-refractivity contribution in [2.24, 2.45) is 0 Å². The van der Waals surface area contributed by atoms with Crippen LogP contribution < -0.4 is 10.6 Å². The highest BCUT2D eigenvalue weighted by molar-refractivity contribution is 7.17. The second-order valence-corrected chi connectivity index (χ2v) is 9.16. The van der Waals surface area contributed by atoms with Crippen LogP contribution >= 0.6 is 22.7 Å². The minimum atomic E-state index is -0.296. The van der Waals surface area contributed by atoms with Gasteiger partial charge in [0.1, 0.15) is 5.00 Å². The molecule has 4 rings (SSSR count). The maximum Gasteiger partial charge on any atom is 0.286 e. The first-order valence-electron chi connectivity index (χ1n) is 9.98. The summed E-state index contributed by atoms with van der Waals surface area (Å²) in [5.41, 5.74) is 1.77. The number of amides is 2. The zero-order valence-electron chi connectivity index (χ0n) is 16.4. The molecule has 3 aromatic heterocycles. The fourth-order valence-electron chi connectivity index (χ4n) is 3.56. The summed E-state index contributed by atoms with van der Waals surface area (Å²) in [6.45, 7) is 0.370. The molecule has 8 heteroatoms. The van der Waals surface area contributed by atoms with Crippen LogP contribution in [0.15, 0.2) is 40.3 Å². The Morgan fingerprint density at radius 3 is 2.73 bits per heavy atom. The van der Waals surface area contributed by atoms with Crippen molar-refractivity contribution >= 4 is 45.3 Å². The third-order valence-corrected chi connectivity index (χ3v) is 7.08. The Labute approximate surface area is 182 Å². The van der Waals surface area contributed by atoms with Crippen molar-refractivity contribution < 1.29 is 18.8 Å². The molecular weight excluding hydrogens is 420 g/mol. The highest BCUT2D eigenvalue weighted by Crippen LogP contribution is 2.39. The minimum absolute atomic E-state index is 0.00888. The van der Waals surface area contributed by atoms with Crippen molar-refractivity contribution in [2.45, 2.75) is 38.5 Å². The van der Waals surface area contributed by atoms with Gasteiger partial charge in [-0.15, -0.1) is 22.7 Å². The predicted octanol–water partition coefficient (Wildman–Crippen LogP) is 4.66. The highest BCUT2D eigenvalue weighted by atomic mass is 32.1. The lowest BCUT2D eigenvalue weighted by Gasteiger charge is -2.12. The molecule has 1 aliphatic rings. The van der Waals surface area contributed by atoms with Gasteiger partial charge in [0.25, 0.3) is 5.91 Å². The predicted molar refractivity (Wildman–Crippen MR) is 118 cm³/mol. The van der Waals surface area contributed by atoms with E-state index in [1.54, 1.807) is 12.1 Å². The van der Waals surface area contributed by atoms with Crippen LogP contribution in [0.4, 0.5) is 5.00 Å². The normalized spacial score (nSPS) is 12.9. The molecule has 0 spiro atoms. The molecule has 0 aliphatic heterocycles. The monoisotopic (exact) mass is 442 g/mol. The molecule has 0 fully saturated rings. The van der Waals surface area contributed by atoms with Gasteiger partial charge in [0, 0.05) is 17.8 Å². The zero-order chi connectivity index (χ0) is 20.9. The third kappa shape index (κ3) is 4.55. The van der Waals surface area contributed by atoms with Gasteiger partial charge < -0.3 is 15.1 Å². The Balaban J connectivity index is 1.39. The lowest BCUT2D eigenvalue weighted by Crippen LogP contribution is -2.25. The first-order valence-corrected chi connectivity index (χ1v) is 11.7. The minimum Gasteiger partial charge on any atom is -0.459 e. The average Bonchev–Trinajstić information content (AvgIpc) is 3.51. The van der Waals surface area contributed by atoms with Gasteiger partial charge in [0.2, 0.25) is 11.7 Å². The van der Waals surface area contributed by atoms with Crippen molar-refractivity contribution in [2.75, 3.05) is 11.9 Å². The van der Waals surface area contributed by atoms with Gasteiger partial charge in [0.05, 0.1) is 16.7 Å². The number of hydrogen-bond donors (Lipinski definition) is 2. The molecule has 0 atom stereocenters. The van der Waals surface area contributed by atoms with Crippen LogP contribution in [-0.4, -0.2) is 24.1 Å². The second kappa shape index (κ2) is 9.40. The summed E-state index contributed by atoms with van der Waals surface area (Å²) in [6, 6.07) is 6.93. The number of fused-ring (bicyclic) bond motifs is 1. The number of carbonyl (C=O) groups excluding carboxylic acids is 3. The van der Waals surface area contributed by atoms with E-state index >= 15 is 0 Å². The molecule has 3 aromatic rings. The number of hydrogen-bond acceptors (Lipinski definition) is 6. The zero-order valence-corrected chi connectivity index (χ0v) is 18.0. The highest BCUT2D eigenvalue weighted by Gasteiger charge is 2.27. The molecule has 0 saturated carbocycles. The molecule has 156 valence electrons. The van der Waals surface area contributed by atoms with E-state index < -0.39 is 0 Å². The van der Waals surface area contributed by atoms with Crippen molar-refractivity contribution in [3.8, 4) is 0 Å². The van der Waals surface area contributed by atoms with Gasteiger partial charge in [-0.2, -0.15) is 0 Å². The van der Waals surface area contributed by atoms with Gasteiger partial charge in [0.15, 0.2) is 5.76 Å². The van der Waals surface area contributed by atoms with E-state index in [-0.39, 0.29) is 29.8 Å². The first-order chi connectivity index (χ1) is 14.6. The fourth-order valence-corrected chi connectivity index (χ4v) is 5.53. The Hall–Kier alpha value is -2.71. The van der Waals surface area contributed by atoms with Crippen LogP contribution in [0.1, 0.15) is 61.9 Å². The maximum absolute atomic E-state index is 13.1. The molecule has 0 saturated heterocycles. The summed E-state index contributed by atoms with van der Waals surface area (Å²) in [7, 11) is 0. The number of furan rings is 1. The van der Waals surface area contributed by atoms with E-state index in [1.165, 1.54) is 33.8 Å². The van der Waals surface area contributed by atoms with Gasteiger partial charge in [-0.3, -0.25) is 14.4 Å². The molecule has 2 N–H and O–H groups in total. The molecule has 0 bridgehead atoms. The number of aryl methyl sites for hydroxylation is 1. The summed E-state index contributed by atoms with van der Waals surface area (Å²) < 4.78 is 5.04. The Morgan fingerprint density at radius 1 is 1.10 bits per heavy atom. The largest absolute Gasteiger partial charge is 0.459 e. The van der Waals surface area contributed by atoms with Crippen molar-refractivity contribution in [1.29, 1.82) is 0 Å². The van der Waals surface area contributed by atoms with Gasteiger partial charge in [-0.05, 0) is 61.2 Å². The number of carbonyl (C=O) groups is 3. The summed E-state index contributed by atoms with van der Waals surface area (Å²) in [4.78, 5) is 39.4. The second-order valence-electron chi connectivity index (χ2n) is 7.11. The maximum atomic E-state index is 13.1. The van der Waals surface area contributed by atoms with Crippen LogP contribution in [0.2, 0.25) is 0 Å². The van der Waals surface area contributed by atoms with E-state index in [0.29, 0.717) is 28.4 Å². The molecule has 0 radical (unpaired) electrons. The Kier molecular flexibility index (Phi) is 6.44. The number of thiophene rings is 2. The van der Waals surface area contributed by atoms with Crippen LogP contribution in [0.3, 0.4) is 0 Å². The number of anilines is 1. The molecule has 1 aliphatic carbocycles. The summed E-state index contributed by atoms with van der Waals surface area (Å²) in [5, 5.41) is 8.24. The van der Waals surface area contributed by atoms with Crippen molar-refractivity contribution in [1.82, 2.24) is 5.32 Å². The molecule has 0 unspecified atom stereocenters. The van der Waals surface area contributed by atoms with E-state index in [0.717, 1.165) is 31.2 Å². The smallest absolute Gasteiger partial charge is 0.286 e. The van der Waals surface area contributed by atoms with Gasteiger partial charge in [-0.25, -0.2) is 0 Å². The van der Waals surface area contributed by atoms with E-state index in [4.69, 9.17) is 4.42 Å². The van der Waals surface area contributed by atoms with Gasteiger partial charge >= 0.3 is 0 Å². The first kappa shape index (κ1) is 20.6. The lowest BCUT2D eigenvalue weighted by molar-refractivity contribution is -0.116. The SMILES string of the molecule is O=C(CCCNC(=O)c1ccco1)Nc1sc2c(c1C(=O)c1cccs1)CCCC2. The summed E-state index contributed by atoms with van der Waals surface area (Å²) in [6.07, 6.45) is 6.22. The summed E-state index contributed by atoms with van der Waals surface area (Å²) in [5.74, 6) is -0.206. The van der Waals surface area contributed by atoms with E-state index in [2.05, 4.69) is 10.6 Å². The Bertz CT molecular complexity index is 1040. The van der Waals surface area contributed by atoms with Crippen LogP contribution in [0.5, 0.6) is 0 Å².